The van der Waals surface area contributed by atoms with Crippen molar-refractivity contribution in [3.05, 3.63) is 54.1 Å². The zero-order valence-electron chi connectivity index (χ0n) is 12.6. The standard InChI is InChI=1S/C17H14N6O/c18-16(19)10-6-7-11-12(8-10)21-17(20-11)14-15(24)13(22-23-14)9-4-2-1-3-5-9/h1-8,24H,(H3,18,19)(H,20,21)(H,22,23)/p+1. The molecule has 0 bridgehead atoms. The Labute approximate surface area is 136 Å². The molecule has 7 N–H and O–H groups in total. The van der Waals surface area contributed by atoms with Gasteiger partial charge in [-0.1, -0.05) is 30.3 Å². The first-order chi connectivity index (χ1) is 11.6. The number of H-pyrrole nitrogens is 2. The van der Waals surface area contributed by atoms with Crippen molar-refractivity contribution in [3.8, 4) is 28.5 Å². The van der Waals surface area contributed by atoms with Gasteiger partial charge in [0.05, 0.1) is 16.6 Å². The van der Waals surface area contributed by atoms with Crippen LogP contribution in [-0.4, -0.2) is 31.1 Å². The van der Waals surface area contributed by atoms with Crippen molar-refractivity contribution in [2.45, 2.75) is 0 Å². The third-order valence-electron chi connectivity index (χ3n) is 3.84. The molecule has 2 heterocycles. The van der Waals surface area contributed by atoms with Gasteiger partial charge in [-0.15, -0.1) is 0 Å². The van der Waals surface area contributed by atoms with E-state index in [-0.39, 0.29) is 11.6 Å². The number of imidazole rings is 1. The molecule has 0 aliphatic heterocycles. The molecule has 0 atom stereocenters. The Bertz CT molecular complexity index is 1050. The molecule has 0 saturated carbocycles. The first-order valence-electron chi connectivity index (χ1n) is 7.34. The Morgan fingerprint density at radius 3 is 2.67 bits per heavy atom. The van der Waals surface area contributed by atoms with Crippen molar-refractivity contribution in [1.29, 1.82) is 0 Å². The zero-order chi connectivity index (χ0) is 16.7. The van der Waals surface area contributed by atoms with E-state index in [1.165, 1.54) is 0 Å². The largest absolute Gasteiger partial charge is 0.504 e. The second-order valence-corrected chi connectivity index (χ2v) is 5.43. The predicted octanol–water partition coefficient (Wildman–Crippen LogP) is 0.790. The van der Waals surface area contributed by atoms with E-state index in [9.17, 15) is 5.11 Å². The highest BCUT2D eigenvalue weighted by molar-refractivity contribution is 5.96. The molecule has 2 aromatic carbocycles. The van der Waals surface area contributed by atoms with Crippen LogP contribution in [0.25, 0.3) is 33.8 Å². The third-order valence-corrected chi connectivity index (χ3v) is 3.84. The predicted molar refractivity (Wildman–Crippen MR) is 91.0 cm³/mol. The van der Waals surface area contributed by atoms with Gasteiger partial charge in [-0.3, -0.25) is 16.2 Å². The maximum absolute atomic E-state index is 10.5. The van der Waals surface area contributed by atoms with Crippen LogP contribution in [0.2, 0.25) is 0 Å². The van der Waals surface area contributed by atoms with Gasteiger partial charge in [-0.2, -0.15) is 5.10 Å². The van der Waals surface area contributed by atoms with Gasteiger partial charge < -0.3 is 10.1 Å². The van der Waals surface area contributed by atoms with E-state index >= 15 is 0 Å². The smallest absolute Gasteiger partial charge is 0.270 e. The number of aromatic amines is 2. The molecule has 7 heteroatoms. The Balaban J connectivity index is 1.81. The number of nitrogens with zero attached hydrogens (tertiary/aromatic N) is 2. The summed E-state index contributed by atoms with van der Waals surface area (Å²) in [5.74, 6) is 0.777. The molecule has 4 rings (SSSR count). The monoisotopic (exact) mass is 319 g/mol. The molecule has 7 nitrogen and oxygen atoms in total. The average molecular weight is 319 g/mol. The van der Waals surface area contributed by atoms with Crippen LogP contribution in [0, 0.1) is 0 Å². The van der Waals surface area contributed by atoms with Crippen LogP contribution in [-0.2, 0) is 0 Å². The van der Waals surface area contributed by atoms with E-state index in [4.69, 9.17) is 11.1 Å². The van der Waals surface area contributed by atoms with Crippen LogP contribution in [0.3, 0.4) is 0 Å². The van der Waals surface area contributed by atoms with Crippen LogP contribution in [0.5, 0.6) is 5.75 Å². The SMILES string of the molecule is NC(=[NH2+])c1ccc2nc(-c3[nH]nc(-c4ccccc4)c3O)[nH]c2c1. The van der Waals surface area contributed by atoms with Crippen molar-refractivity contribution in [1.82, 2.24) is 20.2 Å². The third kappa shape index (κ3) is 2.19. The number of benzene rings is 2. The van der Waals surface area contributed by atoms with Gasteiger partial charge in [-0.05, 0) is 18.2 Å². The topological polar surface area (TPSA) is 129 Å². The lowest BCUT2D eigenvalue weighted by molar-refractivity contribution is -0.114. The van der Waals surface area contributed by atoms with Gasteiger partial charge in [0.25, 0.3) is 5.84 Å². The molecule has 0 fully saturated rings. The number of fused-ring (bicyclic) bond motifs is 1. The van der Waals surface area contributed by atoms with Gasteiger partial charge in [0.1, 0.15) is 11.4 Å². The van der Waals surface area contributed by atoms with Gasteiger partial charge >= 0.3 is 0 Å². The minimum Gasteiger partial charge on any atom is -0.504 e. The fourth-order valence-electron chi connectivity index (χ4n) is 2.61. The summed E-state index contributed by atoms with van der Waals surface area (Å²) in [7, 11) is 0. The molecular formula is C17H15N6O+. The minimum atomic E-state index is 0.0466. The fourth-order valence-corrected chi connectivity index (χ4v) is 2.61. The lowest BCUT2D eigenvalue weighted by Crippen LogP contribution is -2.46. The molecule has 0 amide bonds. The average Bonchev–Trinajstić information content (AvgIpc) is 3.17. The number of rotatable bonds is 3. The Kier molecular flexibility index (Phi) is 3.06. The summed E-state index contributed by atoms with van der Waals surface area (Å²) in [5.41, 5.74) is 9.57. The van der Waals surface area contributed by atoms with Crippen molar-refractivity contribution >= 4 is 16.9 Å². The highest BCUT2D eigenvalue weighted by atomic mass is 16.3. The molecule has 0 saturated heterocycles. The molecule has 0 spiro atoms. The van der Waals surface area contributed by atoms with Crippen molar-refractivity contribution in [2.24, 2.45) is 5.73 Å². The van der Waals surface area contributed by atoms with Gasteiger partial charge in [0, 0.05) is 5.56 Å². The van der Waals surface area contributed by atoms with Crippen LogP contribution in [0.4, 0.5) is 0 Å². The quantitative estimate of drug-likeness (QED) is 0.282. The lowest BCUT2D eigenvalue weighted by atomic mass is 10.1. The Morgan fingerprint density at radius 2 is 1.92 bits per heavy atom. The van der Waals surface area contributed by atoms with Crippen molar-refractivity contribution in [2.75, 3.05) is 0 Å². The summed E-state index contributed by atoms with van der Waals surface area (Å²) in [5, 5.41) is 23.2. The van der Waals surface area contributed by atoms with Crippen LogP contribution in [0.15, 0.2) is 48.5 Å². The summed E-state index contributed by atoms with van der Waals surface area (Å²) in [6.07, 6.45) is 0. The lowest BCUT2D eigenvalue weighted by Gasteiger charge is -1.97. The van der Waals surface area contributed by atoms with E-state index < -0.39 is 0 Å². The number of amidine groups is 1. The molecule has 0 radical (unpaired) electrons. The molecule has 4 aromatic rings. The maximum Gasteiger partial charge on any atom is 0.270 e. The number of hydrogen-bond donors (Lipinski definition) is 5. The van der Waals surface area contributed by atoms with Crippen LogP contribution in [0.1, 0.15) is 5.56 Å². The summed E-state index contributed by atoms with van der Waals surface area (Å²) in [6.45, 7) is 0. The first-order valence-corrected chi connectivity index (χ1v) is 7.34. The van der Waals surface area contributed by atoms with E-state index in [1.54, 1.807) is 6.07 Å². The summed E-state index contributed by atoms with van der Waals surface area (Å²) in [6, 6.07) is 14.9. The van der Waals surface area contributed by atoms with Crippen molar-refractivity contribution < 1.29 is 10.5 Å². The Hall–Kier alpha value is -3.61. The van der Waals surface area contributed by atoms with E-state index in [2.05, 4.69) is 20.2 Å². The van der Waals surface area contributed by atoms with Gasteiger partial charge in [0.15, 0.2) is 11.6 Å². The maximum atomic E-state index is 10.5. The number of aromatic nitrogens is 4. The van der Waals surface area contributed by atoms with E-state index in [0.717, 1.165) is 22.2 Å². The molecule has 118 valence electrons. The summed E-state index contributed by atoms with van der Waals surface area (Å²) >= 11 is 0. The van der Waals surface area contributed by atoms with E-state index in [1.807, 2.05) is 42.5 Å². The molecular weight excluding hydrogens is 304 g/mol. The number of hydrogen-bond acceptors (Lipinski definition) is 3. The van der Waals surface area contributed by atoms with Crippen molar-refractivity contribution in [3.63, 3.8) is 0 Å². The normalized spacial score (nSPS) is 11.0. The molecule has 24 heavy (non-hydrogen) atoms. The molecule has 0 unspecified atom stereocenters. The molecule has 0 aliphatic rings. The minimum absolute atomic E-state index is 0.0466. The summed E-state index contributed by atoms with van der Waals surface area (Å²) < 4.78 is 0. The fraction of sp³-hybridized carbons (Fsp3) is 0. The van der Waals surface area contributed by atoms with Gasteiger partial charge in [0.2, 0.25) is 0 Å². The summed E-state index contributed by atoms with van der Waals surface area (Å²) in [4.78, 5) is 7.62. The highest BCUT2D eigenvalue weighted by Gasteiger charge is 2.18. The zero-order valence-corrected chi connectivity index (χ0v) is 12.6. The van der Waals surface area contributed by atoms with Crippen LogP contribution < -0.4 is 11.1 Å². The van der Waals surface area contributed by atoms with E-state index in [0.29, 0.717) is 17.2 Å². The number of nitrogens with two attached hydrogens (primary N) is 2. The highest BCUT2D eigenvalue weighted by Crippen LogP contribution is 2.35. The first kappa shape index (κ1) is 14.0. The molecule has 2 aromatic heterocycles. The number of nitrogens with one attached hydrogen (secondary N) is 2. The second kappa shape index (κ2) is 5.24. The van der Waals surface area contributed by atoms with Crippen LogP contribution >= 0.6 is 0 Å². The Morgan fingerprint density at radius 1 is 1.12 bits per heavy atom. The number of aromatic hydroxyl groups is 1. The second-order valence-electron chi connectivity index (χ2n) is 5.43. The van der Waals surface area contributed by atoms with Gasteiger partial charge in [-0.25, -0.2) is 4.98 Å². The molecule has 0 aliphatic carbocycles.